The predicted molar refractivity (Wildman–Crippen MR) is 142 cm³/mol. The molecule has 0 bridgehead atoms. The van der Waals surface area contributed by atoms with Gasteiger partial charge in [-0.3, -0.25) is 9.59 Å². The van der Waals surface area contributed by atoms with E-state index in [1.54, 1.807) is 4.90 Å². The van der Waals surface area contributed by atoms with Gasteiger partial charge in [-0.25, -0.2) is 0 Å². The number of hydrogen-bond acceptors (Lipinski definition) is 3. The molecule has 0 unspecified atom stereocenters. The Hall–Kier alpha value is -3.44. The van der Waals surface area contributed by atoms with Gasteiger partial charge in [0.1, 0.15) is 0 Å². The third kappa shape index (κ3) is 7.27. The van der Waals surface area contributed by atoms with Gasteiger partial charge in [-0.05, 0) is 68.2 Å². The van der Waals surface area contributed by atoms with E-state index in [-0.39, 0.29) is 11.8 Å². The van der Waals surface area contributed by atoms with Gasteiger partial charge in [0.2, 0.25) is 5.91 Å². The standard InChI is InChI=1S/C30H35N3O2/c1-24-10-12-26(13-11-24)23-33(30(35)27-8-4-2-5-9-27)28-16-14-25(15-17-28)22-29(34)31-18-21-32-19-6-3-7-20-32/h2,4-5,8-17H,3,6-7,18-23H2,1H3,(H,31,34). The minimum atomic E-state index is -0.0469. The van der Waals surface area contributed by atoms with Crippen LogP contribution in [0.3, 0.4) is 0 Å². The van der Waals surface area contributed by atoms with Crippen LogP contribution in [-0.2, 0) is 17.8 Å². The van der Waals surface area contributed by atoms with E-state index in [9.17, 15) is 9.59 Å². The first-order chi connectivity index (χ1) is 17.1. The maximum atomic E-state index is 13.4. The molecule has 1 fully saturated rings. The lowest BCUT2D eigenvalue weighted by molar-refractivity contribution is -0.120. The maximum Gasteiger partial charge on any atom is 0.258 e. The highest BCUT2D eigenvalue weighted by Gasteiger charge is 2.18. The molecule has 3 aromatic carbocycles. The van der Waals surface area contributed by atoms with E-state index < -0.39 is 0 Å². The van der Waals surface area contributed by atoms with E-state index in [2.05, 4.69) is 41.4 Å². The lowest BCUT2D eigenvalue weighted by Gasteiger charge is -2.26. The molecule has 3 aromatic rings. The Balaban J connectivity index is 1.40. The van der Waals surface area contributed by atoms with E-state index >= 15 is 0 Å². The number of aryl methyl sites for hydroxylation is 1. The van der Waals surface area contributed by atoms with Gasteiger partial charge in [-0.15, -0.1) is 0 Å². The van der Waals surface area contributed by atoms with Crippen molar-refractivity contribution < 1.29 is 9.59 Å². The molecule has 35 heavy (non-hydrogen) atoms. The van der Waals surface area contributed by atoms with Gasteiger partial charge in [0.15, 0.2) is 0 Å². The number of carbonyl (C=O) groups is 2. The number of likely N-dealkylation sites (tertiary alicyclic amines) is 1. The average Bonchev–Trinajstić information content (AvgIpc) is 2.90. The zero-order valence-corrected chi connectivity index (χ0v) is 20.6. The highest BCUT2D eigenvalue weighted by molar-refractivity contribution is 6.06. The molecule has 1 N–H and O–H groups in total. The lowest BCUT2D eigenvalue weighted by atomic mass is 10.1. The van der Waals surface area contributed by atoms with Gasteiger partial charge >= 0.3 is 0 Å². The third-order valence-electron chi connectivity index (χ3n) is 6.54. The molecule has 0 atom stereocenters. The molecular formula is C30H35N3O2. The summed E-state index contributed by atoms with van der Waals surface area (Å²) in [5.41, 5.74) is 4.66. The van der Waals surface area contributed by atoms with E-state index in [0.717, 1.165) is 36.4 Å². The van der Waals surface area contributed by atoms with Crippen molar-refractivity contribution in [2.45, 2.75) is 39.2 Å². The summed E-state index contributed by atoms with van der Waals surface area (Å²) in [6.07, 6.45) is 4.17. The number of nitrogens with one attached hydrogen (secondary N) is 1. The van der Waals surface area contributed by atoms with Gasteiger partial charge in [-0.2, -0.15) is 0 Å². The fourth-order valence-electron chi connectivity index (χ4n) is 4.47. The molecule has 5 heteroatoms. The summed E-state index contributed by atoms with van der Waals surface area (Å²) >= 11 is 0. The van der Waals surface area contributed by atoms with Crippen molar-refractivity contribution in [3.63, 3.8) is 0 Å². The molecule has 0 radical (unpaired) electrons. The van der Waals surface area contributed by atoms with E-state index in [4.69, 9.17) is 0 Å². The minimum Gasteiger partial charge on any atom is -0.355 e. The summed E-state index contributed by atoms with van der Waals surface area (Å²) < 4.78 is 0. The van der Waals surface area contributed by atoms with Crippen LogP contribution < -0.4 is 10.2 Å². The van der Waals surface area contributed by atoms with Crippen LogP contribution in [0.2, 0.25) is 0 Å². The quantitative estimate of drug-likeness (QED) is 0.481. The maximum absolute atomic E-state index is 13.4. The SMILES string of the molecule is Cc1ccc(CN(C(=O)c2ccccc2)c2ccc(CC(=O)NCCN3CCCCC3)cc2)cc1. The van der Waals surface area contributed by atoms with E-state index in [1.165, 1.54) is 24.8 Å². The number of anilines is 1. The van der Waals surface area contributed by atoms with Crippen LogP contribution in [0.5, 0.6) is 0 Å². The number of carbonyl (C=O) groups excluding carboxylic acids is 2. The summed E-state index contributed by atoms with van der Waals surface area (Å²) in [4.78, 5) is 30.0. The molecule has 4 rings (SSSR count). The first-order valence-electron chi connectivity index (χ1n) is 12.6. The third-order valence-corrected chi connectivity index (χ3v) is 6.54. The first-order valence-corrected chi connectivity index (χ1v) is 12.6. The van der Waals surface area contributed by atoms with Crippen molar-refractivity contribution in [2.75, 3.05) is 31.1 Å². The number of amides is 2. The molecule has 182 valence electrons. The zero-order chi connectivity index (χ0) is 24.5. The highest BCUT2D eigenvalue weighted by atomic mass is 16.2. The second-order valence-corrected chi connectivity index (χ2v) is 9.34. The molecule has 5 nitrogen and oxygen atoms in total. The Morgan fingerprint density at radius 1 is 0.829 bits per heavy atom. The van der Waals surface area contributed by atoms with Crippen molar-refractivity contribution in [2.24, 2.45) is 0 Å². The summed E-state index contributed by atoms with van der Waals surface area (Å²) in [6.45, 7) is 6.41. The Kier molecular flexibility index (Phi) is 8.68. The molecule has 2 amide bonds. The molecule has 1 heterocycles. The highest BCUT2D eigenvalue weighted by Crippen LogP contribution is 2.22. The number of hydrogen-bond donors (Lipinski definition) is 1. The van der Waals surface area contributed by atoms with Crippen LogP contribution in [0.25, 0.3) is 0 Å². The van der Waals surface area contributed by atoms with Crippen molar-refractivity contribution in [1.82, 2.24) is 10.2 Å². The van der Waals surface area contributed by atoms with Gasteiger partial charge in [0, 0.05) is 24.3 Å². The summed E-state index contributed by atoms with van der Waals surface area (Å²) in [7, 11) is 0. The van der Waals surface area contributed by atoms with Gasteiger partial charge in [0.05, 0.1) is 13.0 Å². The normalized spacial score (nSPS) is 13.9. The Labute approximate surface area is 208 Å². The van der Waals surface area contributed by atoms with Crippen molar-refractivity contribution in [3.05, 3.63) is 101 Å². The fourth-order valence-corrected chi connectivity index (χ4v) is 4.47. The van der Waals surface area contributed by atoms with Crippen LogP contribution in [0.4, 0.5) is 5.69 Å². The van der Waals surface area contributed by atoms with Crippen molar-refractivity contribution >= 4 is 17.5 Å². The molecule has 0 aliphatic carbocycles. The Bertz CT molecular complexity index is 1090. The second kappa shape index (κ2) is 12.3. The van der Waals surface area contributed by atoms with Crippen molar-refractivity contribution in [3.8, 4) is 0 Å². The smallest absolute Gasteiger partial charge is 0.258 e. The zero-order valence-electron chi connectivity index (χ0n) is 20.6. The Morgan fingerprint density at radius 2 is 1.49 bits per heavy atom. The fraction of sp³-hybridized carbons (Fsp3) is 0.333. The second-order valence-electron chi connectivity index (χ2n) is 9.34. The first kappa shape index (κ1) is 24.7. The Morgan fingerprint density at radius 3 is 2.17 bits per heavy atom. The topological polar surface area (TPSA) is 52.7 Å². The predicted octanol–water partition coefficient (Wildman–Crippen LogP) is 4.99. The molecular weight excluding hydrogens is 434 g/mol. The number of rotatable bonds is 9. The molecule has 0 spiro atoms. The van der Waals surface area contributed by atoms with Crippen LogP contribution >= 0.6 is 0 Å². The van der Waals surface area contributed by atoms with Crippen LogP contribution in [-0.4, -0.2) is 42.9 Å². The van der Waals surface area contributed by atoms with Gasteiger partial charge < -0.3 is 15.1 Å². The number of piperidine rings is 1. The summed E-state index contributed by atoms with van der Waals surface area (Å²) in [5.74, 6) is -0.0130. The molecule has 0 aromatic heterocycles. The molecule has 1 aliphatic rings. The number of nitrogens with zero attached hydrogens (tertiary/aromatic N) is 2. The largest absolute Gasteiger partial charge is 0.355 e. The van der Waals surface area contributed by atoms with Gasteiger partial charge in [0.25, 0.3) is 5.91 Å². The van der Waals surface area contributed by atoms with Crippen molar-refractivity contribution in [1.29, 1.82) is 0 Å². The minimum absolute atomic E-state index is 0.0339. The monoisotopic (exact) mass is 469 g/mol. The van der Waals surface area contributed by atoms with Crippen LogP contribution in [0.1, 0.15) is 46.3 Å². The molecule has 1 saturated heterocycles. The molecule has 1 aliphatic heterocycles. The van der Waals surface area contributed by atoms with Crippen LogP contribution in [0.15, 0.2) is 78.9 Å². The molecule has 0 saturated carbocycles. The van der Waals surface area contributed by atoms with Crippen LogP contribution in [0, 0.1) is 6.92 Å². The van der Waals surface area contributed by atoms with E-state index in [0.29, 0.717) is 25.1 Å². The number of benzene rings is 3. The summed E-state index contributed by atoms with van der Waals surface area (Å²) in [6, 6.07) is 25.4. The summed E-state index contributed by atoms with van der Waals surface area (Å²) in [5, 5.41) is 3.05. The van der Waals surface area contributed by atoms with Gasteiger partial charge in [-0.1, -0.05) is 66.6 Å². The van der Waals surface area contributed by atoms with E-state index in [1.807, 2.05) is 54.6 Å². The average molecular weight is 470 g/mol. The lowest BCUT2D eigenvalue weighted by Crippen LogP contribution is -2.38.